The number of aryl methyl sites for hydroxylation is 1. The molecule has 120 valence electrons. The summed E-state index contributed by atoms with van der Waals surface area (Å²) in [7, 11) is 0. The maximum absolute atomic E-state index is 10.2. The van der Waals surface area contributed by atoms with Crippen molar-refractivity contribution >= 4 is 5.82 Å². The lowest BCUT2D eigenvalue weighted by Crippen LogP contribution is -2.11. The van der Waals surface area contributed by atoms with Crippen molar-refractivity contribution in [3.63, 3.8) is 0 Å². The summed E-state index contributed by atoms with van der Waals surface area (Å²) in [6.45, 7) is 7.21. The number of nitrogens with one attached hydrogen (secondary N) is 1. The number of aliphatic hydroxyl groups is 1. The smallest absolute Gasteiger partial charge is 0.162 e. The molecule has 0 saturated carbocycles. The SMILES string of the molecule is CCOc1cccc(CNc2c(C)c(C)nn2CCO)c1O. The Morgan fingerprint density at radius 1 is 1.32 bits per heavy atom. The van der Waals surface area contributed by atoms with E-state index in [9.17, 15) is 5.11 Å². The monoisotopic (exact) mass is 305 g/mol. The third-order valence-electron chi connectivity index (χ3n) is 3.57. The van der Waals surface area contributed by atoms with E-state index in [0.717, 1.165) is 22.6 Å². The Morgan fingerprint density at radius 2 is 2.09 bits per heavy atom. The molecule has 2 aromatic rings. The summed E-state index contributed by atoms with van der Waals surface area (Å²) in [6, 6.07) is 5.44. The first-order chi connectivity index (χ1) is 10.6. The molecular formula is C16H23N3O3. The summed E-state index contributed by atoms with van der Waals surface area (Å²) < 4.78 is 7.14. The molecule has 0 radical (unpaired) electrons. The van der Waals surface area contributed by atoms with E-state index in [0.29, 0.717) is 25.4 Å². The van der Waals surface area contributed by atoms with Gasteiger partial charge in [0.05, 0.1) is 25.5 Å². The van der Waals surface area contributed by atoms with Gasteiger partial charge in [-0.25, -0.2) is 4.68 Å². The Kier molecular flexibility index (Phi) is 5.27. The van der Waals surface area contributed by atoms with Gasteiger partial charge in [-0.2, -0.15) is 5.10 Å². The first-order valence-electron chi connectivity index (χ1n) is 7.40. The van der Waals surface area contributed by atoms with Crippen molar-refractivity contribution in [1.82, 2.24) is 9.78 Å². The molecule has 1 aromatic heterocycles. The van der Waals surface area contributed by atoms with E-state index < -0.39 is 0 Å². The van der Waals surface area contributed by atoms with Gasteiger partial charge in [-0.1, -0.05) is 12.1 Å². The zero-order chi connectivity index (χ0) is 16.1. The number of hydrogen-bond acceptors (Lipinski definition) is 5. The molecule has 6 nitrogen and oxygen atoms in total. The summed E-state index contributed by atoms with van der Waals surface area (Å²) in [5, 5.41) is 27.0. The van der Waals surface area contributed by atoms with Crippen molar-refractivity contribution in [2.45, 2.75) is 33.9 Å². The maximum atomic E-state index is 10.2. The van der Waals surface area contributed by atoms with Crippen molar-refractivity contribution in [2.24, 2.45) is 0 Å². The highest BCUT2D eigenvalue weighted by atomic mass is 16.5. The first kappa shape index (κ1) is 16.2. The van der Waals surface area contributed by atoms with Crippen LogP contribution >= 0.6 is 0 Å². The average molecular weight is 305 g/mol. The third kappa shape index (κ3) is 3.33. The second kappa shape index (κ2) is 7.17. The number of aromatic nitrogens is 2. The van der Waals surface area contributed by atoms with Crippen molar-refractivity contribution in [3.8, 4) is 11.5 Å². The molecule has 6 heteroatoms. The molecule has 0 aliphatic rings. The quantitative estimate of drug-likeness (QED) is 0.731. The van der Waals surface area contributed by atoms with Gasteiger partial charge in [-0.05, 0) is 26.8 Å². The molecule has 0 spiro atoms. The number of phenolic OH excluding ortho intramolecular Hbond substituents is 1. The van der Waals surface area contributed by atoms with Crippen molar-refractivity contribution in [3.05, 3.63) is 35.0 Å². The van der Waals surface area contributed by atoms with Gasteiger partial charge in [0.15, 0.2) is 11.5 Å². The number of phenols is 1. The van der Waals surface area contributed by atoms with E-state index in [1.165, 1.54) is 0 Å². The molecule has 3 N–H and O–H groups in total. The summed E-state index contributed by atoms with van der Waals surface area (Å²) in [6.07, 6.45) is 0. The van der Waals surface area contributed by atoms with E-state index in [4.69, 9.17) is 9.84 Å². The normalized spacial score (nSPS) is 10.7. The Bertz CT molecular complexity index is 638. The molecule has 0 fully saturated rings. The van der Waals surface area contributed by atoms with Crippen LogP contribution in [0.4, 0.5) is 5.82 Å². The van der Waals surface area contributed by atoms with E-state index in [2.05, 4.69) is 10.4 Å². The Labute approximate surface area is 130 Å². The van der Waals surface area contributed by atoms with Gasteiger partial charge in [-0.3, -0.25) is 0 Å². The lowest BCUT2D eigenvalue weighted by atomic mass is 10.2. The van der Waals surface area contributed by atoms with E-state index in [1.807, 2.05) is 32.9 Å². The third-order valence-corrected chi connectivity index (χ3v) is 3.57. The molecule has 0 aliphatic carbocycles. The molecule has 0 unspecified atom stereocenters. The maximum Gasteiger partial charge on any atom is 0.162 e. The number of anilines is 1. The Hall–Kier alpha value is -2.21. The van der Waals surface area contributed by atoms with Crippen LogP contribution in [-0.2, 0) is 13.1 Å². The van der Waals surface area contributed by atoms with Crippen molar-refractivity contribution in [1.29, 1.82) is 0 Å². The highest BCUT2D eigenvalue weighted by molar-refractivity contribution is 5.50. The predicted octanol–water partition coefficient (Wildman–Crippen LogP) is 2.21. The minimum atomic E-state index is 0.0281. The number of nitrogens with zero attached hydrogens (tertiary/aromatic N) is 2. The summed E-state index contributed by atoms with van der Waals surface area (Å²) in [4.78, 5) is 0. The van der Waals surface area contributed by atoms with E-state index >= 15 is 0 Å². The van der Waals surface area contributed by atoms with E-state index in [-0.39, 0.29) is 12.4 Å². The minimum Gasteiger partial charge on any atom is -0.504 e. The van der Waals surface area contributed by atoms with Gasteiger partial charge in [0.2, 0.25) is 0 Å². The number of ether oxygens (including phenoxy) is 1. The second-order valence-corrected chi connectivity index (χ2v) is 5.06. The lowest BCUT2D eigenvalue weighted by Gasteiger charge is -2.13. The highest BCUT2D eigenvalue weighted by Gasteiger charge is 2.13. The van der Waals surface area contributed by atoms with Crippen LogP contribution in [-0.4, -0.2) is 33.2 Å². The van der Waals surface area contributed by atoms with Gasteiger partial charge in [0.25, 0.3) is 0 Å². The van der Waals surface area contributed by atoms with Gasteiger partial charge in [0, 0.05) is 17.7 Å². The summed E-state index contributed by atoms with van der Waals surface area (Å²) in [5.41, 5.74) is 2.71. The average Bonchev–Trinajstić information content (AvgIpc) is 2.76. The summed E-state index contributed by atoms with van der Waals surface area (Å²) >= 11 is 0. The van der Waals surface area contributed by atoms with Crippen LogP contribution in [0.5, 0.6) is 11.5 Å². The molecule has 0 atom stereocenters. The van der Waals surface area contributed by atoms with Crippen LogP contribution in [0.3, 0.4) is 0 Å². The number of aliphatic hydroxyl groups excluding tert-OH is 1. The molecule has 0 aliphatic heterocycles. The number of rotatable bonds is 7. The second-order valence-electron chi connectivity index (χ2n) is 5.06. The van der Waals surface area contributed by atoms with Crippen LogP contribution in [0.1, 0.15) is 23.7 Å². The van der Waals surface area contributed by atoms with Crippen LogP contribution in [0.15, 0.2) is 18.2 Å². The summed E-state index contributed by atoms with van der Waals surface area (Å²) in [5.74, 6) is 1.49. The highest BCUT2D eigenvalue weighted by Crippen LogP contribution is 2.30. The topological polar surface area (TPSA) is 79.5 Å². The van der Waals surface area contributed by atoms with Gasteiger partial charge >= 0.3 is 0 Å². The van der Waals surface area contributed by atoms with Gasteiger partial charge in [0.1, 0.15) is 5.82 Å². The molecule has 0 saturated heterocycles. The van der Waals surface area contributed by atoms with Gasteiger partial charge in [-0.15, -0.1) is 0 Å². The molecule has 0 bridgehead atoms. The standard InChI is InChI=1S/C16H23N3O3/c1-4-22-14-7-5-6-13(15(14)21)10-17-16-11(2)12(3)18-19(16)8-9-20/h5-7,17,20-21H,4,8-10H2,1-3H3. The van der Waals surface area contributed by atoms with Gasteiger partial charge < -0.3 is 20.3 Å². The number of aromatic hydroxyl groups is 1. The number of hydrogen-bond donors (Lipinski definition) is 3. The van der Waals surface area contributed by atoms with Crippen LogP contribution < -0.4 is 10.1 Å². The fourth-order valence-corrected chi connectivity index (χ4v) is 2.31. The first-order valence-corrected chi connectivity index (χ1v) is 7.40. The largest absolute Gasteiger partial charge is 0.504 e. The Morgan fingerprint density at radius 3 is 2.77 bits per heavy atom. The number of benzene rings is 1. The molecular weight excluding hydrogens is 282 g/mol. The van der Waals surface area contributed by atoms with Crippen molar-refractivity contribution < 1.29 is 14.9 Å². The lowest BCUT2D eigenvalue weighted by molar-refractivity contribution is 0.270. The van der Waals surface area contributed by atoms with E-state index in [1.54, 1.807) is 10.7 Å². The fourth-order valence-electron chi connectivity index (χ4n) is 2.31. The van der Waals surface area contributed by atoms with Crippen molar-refractivity contribution in [2.75, 3.05) is 18.5 Å². The molecule has 1 aromatic carbocycles. The fraction of sp³-hybridized carbons (Fsp3) is 0.438. The zero-order valence-corrected chi connectivity index (χ0v) is 13.3. The zero-order valence-electron chi connectivity index (χ0n) is 13.3. The Balaban J connectivity index is 2.18. The molecule has 0 amide bonds. The molecule has 1 heterocycles. The number of para-hydroxylation sites is 1. The molecule has 22 heavy (non-hydrogen) atoms. The predicted molar refractivity (Wildman–Crippen MR) is 85.4 cm³/mol. The van der Waals surface area contributed by atoms with Crippen LogP contribution in [0, 0.1) is 13.8 Å². The molecule has 2 rings (SSSR count). The minimum absolute atomic E-state index is 0.0281. The van der Waals surface area contributed by atoms with Crippen LogP contribution in [0.25, 0.3) is 0 Å². The van der Waals surface area contributed by atoms with Crippen LogP contribution in [0.2, 0.25) is 0 Å².